The number of hydrogen-bond donors (Lipinski definition) is 1. The molecule has 35 heavy (non-hydrogen) atoms. The highest BCUT2D eigenvalue weighted by atomic mass is 16.2. The number of rotatable bonds is 7. The molecule has 2 fully saturated rings. The normalized spacial score (nSPS) is 17.1. The maximum atomic E-state index is 12.9. The van der Waals surface area contributed by atoms with E-state index in [1.807, 2.05) is 18.3 Å². The van der Waals surface area contributed by atoms with Crippen molar-refractivity contribution >= 4 is 40.7 Å². The number of aromatic nitrogens is 4. The van der Waals surface area contributed by atoms with Gasteiger partial charge in [0.05, 0.1) is 11.9 Å². The van der Waals surface area contributed by atoms with Gasteiger partial charge in [-0.15, -0.1) is 0 Å². The standard InChI is InChI=1S/C26H33N7O2/c1-31(2)25(35)22-15-19-16-28-26(30-24(19)33(22)20-5-3-4-6-20)29-23-8-7-21(17-27-23)32-12-9-18(10-13-32)11-14-34/h7-8,14-18,20H,3-6,9-13H2,1-2H3,(H,27,28,29,30). The molecule has 1 amide bonds. The van der Waals surface area contributed by atoms with Crippen molar-refractivity contribution in [3.8, 4) is 0 Å². The predicted molar refractivity (Wildman–Crippen MR) is 136 cm³/mol. The van der Waals surface area contributed by atoms with Crippen LogP contribution in [0.25, 0.3) is 11.0 Å². The van der Waals surface area contributed by atoms with Crippen LogP contribution in [0.3, 0.4) is 0 Å². The molecule has 1 saturated carbocycles. The number of nitrogens with zero attached hydrogens (tertiary/aromatic N) is 6. The zero-order chi connectivity index (χ0) is 24.4. The van der Waals surface area contributed by atoms with Crippen LogP contribution in [-0.2, 0) is 4.79 Å². The van der Waals surface area contributed by atoms with Crippen LogP contribution in [0, 0.1) is 5.92 Å². The molecule has 0 bridgehead atoms. The second kappa shape index (κ2) is 10.0. The minimum Gasteiger partial charge on any atom is -0.370 e. The van der Waals surface area contributed by atoms with Crippen molar-refractivity contribution in [1.82, 2.24) is 24.4 Å². The van der Waals surface area contributed by atoms with Crippen LogP contribution in [0.4, 0.5) is 17.5 Å². The summed E-state index contributed by atoms with van der Waals surface area (Å²) in [6.45, 7) is 1.89. The van der Waals surface area contributed by atoms with E-state index in [4.69, 9.17) is 4.98 Å². The Balaban J connectivity index is 1.35. The molecule has 0 atom stereocenters. The van der Waals surface area contributed by atoms with Gasteiger partial charge in [-0.3, -0.25) is 4.79 Å². The van der Waals surface area contributed by atoms with E-state index in [-0.39, 0.29) is 11.9 Å². The Morgan fingerprint density at radius 2 is 1.89 bits per heavy atom. The van der Waals surface area contributed by atoms with Gasteiger partial charge in [-0.1, -0.05) is 12.8 Å². The Morgan fingerprint density at radius 1 is 1.11 bits per heavy atom. The van der Waals surface area contributed by atoms with E-state index in [1.54, 1.807) is 25.2 Å². The number of aldehydes is 1. The van der Waals surface area contributed by atoms with Crippen LogP contribution in [0.5, 0.6) is 0 Å². The number of anilines is 3. The van der Waals surface area contributed by atoms with E-state index >= 15 is 0 Å². The third-order valence-corrected chi connectivity index (χ3v) is 7.29. The van der Waals surface area contributed by atoms with Crippen molar-refractivity contribution in [2.24, 2.45) is 5.92 Å². The van der Waals surface area contributed by atoms with Gasteiger partial charge in [-0.05, 0) is 49.8 Å². The van der Waals surface area contributed by atoms with Crippen molar-refractivity contribution in [1.29, 1.82) is 0 Å². The van der Waals surface area contributed by atoms with Gasteiger partial charge in [0.2, 0.25) is 5.95 Å². The molecule has 0 radical (unpaired) electrons. The smallest absolute Gasteiger partial charge is 0.270 e. The van der Waals surface area contributed by atoms with Gasteiger partial charge >= 0.3 is 0 Å². The first-order valence-corrected chi connectivity index (χ1v) is 12.5. The zero-order valence-corrected chi connectivity index (χ0v) is 20.5. The SMILES string of the molecule is CN(C)C(=O)c1cc2cnc(Nc3ccc(N4CCC(CC=O)CC4)cn3)nc2n1C1CCCC1. The van der Waals surface area contributed by atoms with Crippen molar-refractivity contribution in [3.63, 3.8) is 0 Å². The maximum absolute atomic E-state index is 12.9. The lowest BCUT2D eigenvalue weighted by Gasteiger charge is -2.32. The third-order valence-electron chi connectivity index (χ3n) is 7.29. The van der Waals surface area contributed by atoms with Gasteiger partial charge < -0.3 is 24.5 Å². The van der Waals surface area contributed by atoms with E-state index < -0.39 is 0 Å². The molecule has 9 heteroatoms. The van der Waals surface area contributed by atoms with Gasteiger partial charge in [-0.2, -0.15) is 4.98 Å². The number of nitrogens with one attached hydrogen (secondary N) is 1. The molecule has 1 aliphatic heterocycles. The van der Waals surface area contributed by atoms with Gasteiger partial charge in [0.15, 0.2) is 0 Å². The Bertz CT molecular complexity index is 1190. The first kappa shape index (κ1) is 23.3. The third kappa shape index (κ3) is 4.85. The van der Waals surface area contributed by atoms with Gasteiger partial charge in [0, 0.05) is 51.2 Å². The molecule has 1 N–H and O–H groups in total. The summed E-state index contributed by atoms with van der Waals surface area (Å²) in [4.78, 5) is 41.5. The van der Waals surface area contributed by atoms with Gasteiger partial charge in [-0.25, -0.2) is 9.97 Å². The minimum atomic E-state index is -0.0168. The number of fused-ring (bicyclic) bond motifs is 1. The first-order chi connectivity index (χ1) is 17.0. The Hall–Kier alpha value is -3.49. The molecule has 1 aliphatic carbocycles. The Morgan fingerprint density at radius 3 is 2.54 bits per heavy atom. The summed E-state index contributed by atoms with van der Waals surface area (Å²) in [5.74, 6) is 1.62. The average molecular weight is 476 g/mol. The van der Waals surface area contributed by atoms with Crippen molar-refractivity contribution < 1.29 is 9.59 Å². The number of hydrogen-bond acceptors (Lipinski definition) is 7. The van der Waals surface area contributed by atoms with E-state index in [0.29, 0.717) is 29.8 Å². The predicted octanol–water partition coefficient (Wildman–Crippen LogP) is 4.19. The highest BCUT2D eigenvalue weighted by Crippen LogP contribution is 2.35. The molecule has 3 aromatic rings. The summed E-state index contributed by atoms with van der Waals surface area (Å²) in [6.07, 6.45) is 11.9. The fraction of sp³-hybridized carbons (Fsp3) is 0.500. The maximum Gasteiger partial charge on any atom is 0.270 e. The van der Waals surface area contributed by atoms with Crippen LogP contribution in [0.15, 0.2) is 30.6 Å². The van der Waals surface area contributed by atoms with Crippen LogP contribution < -0.4 is 10.2 Å². The molecule has 4 heterocycles. The summed E-state index contributed by atoms with van der Waals surface area (Å²) in [6, 6.07) is 6.19. The molecular formula is C26H33N7O2. The highest BCUT2D eigenvalue weighted by Gasteiger charge is 2.26. The molecule has 184 valence electrons. The van der Waals surface area contributed by atoms with Crippen LogP contribution in [0.1, 0.15) is 61.5 Å². The van der Waals surface area contributed by atoms with E-state index in [9.17, 15) is 9.59 Å². The molecule has 0 spiro atoms. The molecule has 1 saturated heterocycles. The molecule has 0 aromatic carbocycles. The number of amides is 1. The largest absolute Gasteiger partial charge is 0.370 e. The lowest BCUT2D eigenvalue weighted by molar-refractivity contribution is -0.108. The van der Waals surface area contributed by atoms with Crippen molar-refractivity contribution in [2.75, 3.05) is 37.4 Å². The molecular weight excluding hydrogens is 442 g/mol. The summed E-state index contributed by atoms with van der Waals surface area (Å²) >= 11 is 0. The molecule has 5 rings (SSSR count). The lowest BCUT2D eigenvalue weighted by Crippen LogP contribution is -2.33. The molecule has 0 unspecified atom stereocenters. The second-order valence-electron chi connectivity index (χ2n) is 9.87. The first-order valence-electron chi connectivity index (χ1n) is 12.5. The van der Waals surface area contributed by atoms with Crippen LogP contribution in [0.2, 0.25) is 0 Å². The summed E-state index contributed by atoms with van der Waals surface area (Å²) in [5.41, 5.74) is 2.54. The number of carbonyl (C=O) groups is 2. The summed E-state index contributed by atoms with van der Waals surface area (Å²) in [5, 5.41) is 4.10. The van der Waals surface area contributed by atoms with Crippen molar-refractivity contribution in [3.05, 3.63) is 36.3 Å². The summed E-state index contributed by atoms with van der Waals surface area (Å²) < 4.78 is 2.11. The lowest BCUT2D eigenvalue weighted by atomic mass is 9.94. The van der Waals surface area contributed by atoms with E-state index in [0.717, 1.165) is 61.8 Å². The number of piperidine rings is 1. The van der Waals surface area contributed by atoms with E-state index in [2.05, 4.69) is 30.8 Å². The van der Waals surface area contributed by atoms with E-state index in [1.165, 1.54) is 12.8 Å². The monoisotopic (exact) mass is 475 g/mol. The molecule has 2 aliphatic rings. The molecule has 9 nitrogen and oxygen atoms in total. The number of pyridine rings is 1. The van der Waals surface area contributed by atoms with Crippen LogP contribution >= 0.6 is 0 Å². The topological polar surface area (TPSA) is 96.2 Å². The van der Waals surface area contributed by atoms with Crippen LogP contribution in [-0.4, -0.2) is 63.8 Å². The highest BCUT2D eigenvalue weighted by molar-refractivity contribution is 5.97. The quantitative estimate of drug-likeness (QED) is 0.512. The minimum absolute atomic E-state index is 0.0168. The van der Waals surface area contributed by atoms with Crippen molar-refractivity contribution in [2.45, 2.75) is 51.0 Å². The molecule has 3 aromatic heterocycles. The zero-order valence-electron chi connectivity index (χ0n) is 20.5. The fourth-order valence-electron chi connectivity index (χ4n) is 5.32. The van der Waals surface area contributed by atoms with Gasteiger partial charge in [0.1, 0.15) is 23.4 Å². The number of carbonyl (C=O) groups excluding carboxylic acids is 2. The summed E-state index contributed by atoms with van der Waals surface area (Å²) in [7, 11) is 3.56. The average Bonchev–Trinajstić information content (AvgIpc) is 3.52. The Labute approximate surface area is 205 Å². The second-order valence-corrected chi connectivity index (χ2v) is 9.87. The van der Waals surface area contributed by atoms with Gasteiger partial charge in [0.25, 0.3) is 5.91 Å². The Kier molecular flexibility index (Phi) is 6.66. The fourth-order valence-corrected chi connectivity index (χ4v) is 5.32.